The van der Waals surface area contributed by atoms with E-state index in [1.165, 1.54) is 37.7 Å². The molecule has 2 N–H and O–H groups in total. The molecule has 3 rings (SSSR count). The number of hydrogen-bond acceptors (Lipinski definition) is 2. The van der Waals surface area contributed by atoms with Gasteiger partial charge < -0.3 is 10.6 Å². The highest BCUT2D eigenvalue weighted by Crippen LogP contribution is 2.35. The summed E-state index contributed by atoms with van der Waals surface area (Å²) in [7, 11) is 0. The zero-order valence-electron chi connectivity index (χ0n) is 13.6. The SMILES string of the molecule is CC(=O)NC1CCC(N[C@H]2CC[C@H](c3ccccc3)C2)CC1. The van der Waals surface area contributed by atoms with Crippen molar-refractivity contribution in [2.75, 3.05) is 0 Å². The van der Waals surface area contributed by atoms with Crippen molar-refractivity contribution in [3.8, 4) is 0 Å². The number of rotatable bonds is 4. The molecule has 1 amide bonds. The summed E-state index contributed by atoms with van der Waals surface area (Å²) in [6, 6.07) is 12.7. The number of carbonyl (C=O) groups excluding carboxylic acids is 1. The highest BCUT2D eigenvalue weighted by Gasteiger charge is 2.29. The van der Waals surface area contributed by atoms with Gasteiger partial charge in [-0.3, -0.25) is 4.79 Å². The molecule has 2 aliphatic carbocycles. The molecule has 2 fully saturated rings. The van der Waals surface area contributed by atoms with Crippen LogP contribution < -0.4 is 10.6 Å². The van der Waals surface area contributed by atoms with Gasteiger partial charge >= 0.3 is 0 Å². The van der Waals surface area contributed by atoms with Gasteiger partial charge in [-0.25, -0.2) is 0 Å². The summed E-state index contributed by atoms with van der Waals surface area (Å²) >= 11 is 0. The van der Waals surface area contributed by atoms with Crippen molar-refractivity contribution in [2.45, 2.75) is 75.9 Å². The minimum Gasteiger partial charge on any atom is -0.354 e. The first kappa shape index (κ1) is 15.5. The van der Waals surface area contributed by atoms with Gasteiger partial charge in [0.05, 0.1) is 0 Å². The summed E-state index contributed by atoms with van der Waals surface area (Å²) in [5.74, 6) is 0.840. The molecule has 2 aliphatic rings. The van der Waals surface area contributed by atoms with Crippen LogP contribution in [0.1, 0.15) is 63.4 Å². The van der Waals surface area contributed by atoms with E-state index in [4.69, 9.17) is 0 Å². The van der Waals surface area contributed by atoms with E-state index in [2.05, 4.69) is 41.0 Å². The Labute approximate surface area is 133 Å². The smallest absolute Gasteiger partial charge is 0.217 e. The zero-order valence-corrected chi connectivity index (χ0v) is 13.6. The zero-order chi connectivity index (χ0) is 15.4. The average Bonchev–Trinajstić information content (AvgIpc) is 2.98. The van der Waals surface area contributed by atoms with Gasteiger partial charge in [0.15, 0.2) is 0 Å². The minimum absolute atomic E-state index is 0.109. The van der Waals surface area contributed by atoms with Crippen LogP contribution in [0.4, 0.5) is 0 Å². The Morgan fingerprint density at radius 3 is 2.23 bits per heavy atom. The summed E-state index contributed by atoms with van der Waals surface area (Å²) in [6.07, 6.45) is 8.50. The molecule has 0 unspecified atom stereocenters. The fourth-order valence-corrected chi connectivity index (χ4v) is 4.19. The molecule has 22 heavy (non-hydrogen) atoms. The van der Waals surface area contributed by atoms with E-state index in [-0.39, 0.29) is 5.91 Å². The Bertz CT molecular complexity index is 479. The fraction of sp³-hybridized carbons (Fsp3) is 0.632. The second kappa shape index (κ2) is 7.28. The first-order chi connectivity index (χ1) is 10.7. The van der Waals surface area contributed by atoms with E-state index in [1.807, 2.05) is 0 Å². The third-order valence-electron chi connectivity index (χ3n) is 5.31. The molecule has 0 saturated heterocycles. The maximum absolute atomic E-state index is 11.1. The molecular weight excluding hydrogens is 272 g/mol. The topological polar surface area (TPSA) is 41.1 Å². The molecule has 0 aliphatic heterocycles. The van der Waals surface area contributed by atoms with Crippen LogP contribution in [-0.2, 0) is 4.79 Å². The standard InChI is InChI=1S/C19H28N2O/c1-14(22)20-17-9-11-18(12-10-17)21-19-8-7-16(13-19)15-5-3-2-4-6-15/h2-6,16-19,21H,7-13H2,1H3,(H,20,22)/t16-,17?,18?,19-/m0/s1. The van der Waals surface area contributed by atoms with Gasteiger partial charge in [-0.1, -0.05) is 30.3 Å². The molecule has 2 saturated carbocycles. The van der Waals surface area contributed by atoms with E-state index < -0.39 is 0 Å². The summed E-state index contributed by atoms with van der Waals surface area (Å²) in [6.45, 7) is 1.62. The quantitative estimate of drug-likeness (QED) is 0.895. The number of nitrogens with one attached hydrogen (secondary N) is 2. The van der Waals surface area contributed by atoms with Crippen LogP contribution in [0.25, 0.3) is 0 Å². The lowest BCUT2D eigenvalue weighted by Crippen LogP contribution is -2.44. The maximum Gasteiger partial charge on any atom is 0.217 e. The Morgan fingerprint density at radius 1 is 0.909 bits per heavy atom. The van der Waals surface area contributed by atoms with Gasteiger partial charge in [0.25, 0.3) is 0 Å². The second-order valence-corrected chi connectivity index (χ2v) is 7.03. The molecule has 0 heterocycles. The molecule has 120 valence electrons. The third-order valence-corrected chi connectivity index (χ3v) is 5.31. The monoisotopic (exact) mass is 300 g/mol. The summed E-state index contributed by atoms with van der Waals surface area (Å²) in [5, 5.41) is 6.94. The number of benzene rings is 1. The van der Waals surface area contributed by atoms with Gasteiger partial charge in [0.1, 0.15) is 0 Å². The van der Waals surface area contributed by atoms with Crippen LogP contribution in [0.15, 0.2) is 30.3 Å². The van der Waals surface area contributed by atoms with Crippen LogP contribution in [0.5, 0.6) is 0 Å². The van der Waals surface area contributed by atoms with Gasteiger partial charge in [0, 0.05) is 25.0 Å². The van der Waals surface area contributed by atoms with E-state index in [1.54, 1.807) is 6.92 Å². The molecule has 0 radical (unpaired) electrons. The van der Waals surface area contributed by atoms with Gasteiger partial charge in [-0.15, -0.1) is 0 Å². The van der Waals surface area contributed by atoms with Crippen molar-refractivity contribution >= 4 is 5.91 Å². The van der Waals surface area contributed by atoms with Crippen molar-refractivity contribution in [2.24, 2.45) is 0 Å². The Kier molecular flexibility index (Phi) is 5.14. The van der Waals surface area contributed by atoms with Crippen molar-refractivity contribution in [3.63, 3.8) is 0 Å². The van der Waals surface area contributed by atoms with E-state index >= 15 is 0 Å². The molecule has 1 aromatic rings. The summed E-state index contributed by atoms with van der Waals surface area (Å²) in [5.41, 5.74) is 1.50. The summed E-state index contributed by atoms with van der Waals surface area (Å²) in [4.78, 5) is 11.1. The fourth-order valence-electron chi connectivity index (χ4n) is 4.19. The van der Waals surface area contributed by atoms with Gasteiger partial charge in [0.2, 0.25) is 5.91 Å². The molecule has 3 heteroatoms. The number of amides is 1. The van der Waals surface area contributed by atoms with Crippen LogP contribution >= 0.6 is 0 Å². The number of carbonyl (C=O) groups is 1. The molecule has 2 atom stereocenters. The highest BCUT2D eigenvalue weighted by atomic mass is 16.1. The maximum atomic E-state index is 11.1. The van der Waals surface area contributed by atoms with Gasteiger partial charge in [-0.2, -0.15) is 0 Å². The Hall–Kier alpha value is -1.35. The van der Waals surface area contributed by atoms with Crippen LogP contribution in [0, 0.1) is 0 Å². The lowest BCUT2D eigenvalue weighted by atomic mass is 9.90. The molecule has 0 bridgehead atoms. The lowest BCUT2D eigenvalue weighted by Gasteiger charge is -2.31. The van der Waals surface area contributed by atoms with Crippen LogP contribution in [-0.4, -0.2) is 24.0 Å². The van der Waals surface area contributed by atoms with E-state index in [0.29, 0.717) is 18.1 Å². The van der Waals surface area contributed by atoms with Gasteiger partial charge in [-0.05, 0) is 56.4 Å². The molecule has 0 spiro atoms. The Balaban J connectivity index is 1.43. The van der Waals surface area contributed by atoms with Crippen LogP contribution in [0.3, 0.4) is 0 Å². The highest BCUT2D eigenvalue weighted by molar-refractivity contribution is 5.73. The van der Waals surface area contributed by atoms with Crippen LogP contribution in [0.2, 0.25) is 0 Å². The predicted molar refractivity (Wildman–Crippen MR) is 89.8 cm³/mol. The van der Waals surface area contributed by atoms with Crippen molar-refractivity contribution in [1.29, 1.82) is 0 Å². The first-order valence-corrected chi connectivity index (χ1v) is 8.79. The molecule has 1 aromatic carbocycles. The third kappa shape index (κ3) is 4.10. The molecular formula is C19H28N2O. The van der Waals surface area contributed by atoms with Crippen molar-refractivity contribution in [1.82, 2.24) is 10.6 Å². The predicted octanol–water partition coefficient (Wildman–Crippen LogP) is 3.36. The second-order valence-electron chi connectivity index (χ2n) is 7.03. The van der Waals surface area contributed by atoms with Crippen molar-refractivity contribution < 1.29 is 4.79 Å². The first-order valence-electron chi connectivity index (χ1n) is 8.79. The molecule has 3 nitrogen and oxygen atoms in total. The van der Waals surface area contributed by atoms with Crippen molar-refractivity contribution in [3.05, 3.63) is 35.9 Å². The minimum atomic E-state index is 0.109. The van der Waals surface area contributed by atoms with E-state index in [0.717, 1.165) is 18.8 Å². The average molecular weight is 300 g/mol. The summed E-state index contributed by atoms with van der Waals surface area (Å²) < 4.78 is 0. The Morgan fingerprint density at radius 2 is 1.55 bits per heavy atom. The normalized spacial score (nSPS) is 31.9. The number of hydrogen-bond donors (Lipinski definition) is 2. The largest absolute Gasteiger partial charge is 0.354 e. The van der Waals surface area contributed by atoms with E-state index in [9.17, 15) is 4.79 Å². The molecule has 0 aromatic heterocycles. The lowest BCUT2D eigenvalue weighted by molar-refractivity contribution is -0.119.